The largest absolute Gasteiger partial charge is 0.481 e. The molecule has 0 bridgehead atoms. The van der Waals surface area contributed by atoms with Gasteiger partial charge in [0.25, 0.3) is 0 Å². The van der Waals surface area contributed by atoms with Gasteiger partial charge in [-0.25, -0.2) is 8.42 Å². The van der Waals surface area contributed by atoms with Crippen LogP contribution in [0.4, 0.5) is 0 Å². The number of nitrogens with one attached hydrogen (secondary N) is 1. The van der Waals surface area contributed by atoms with E-state index in [1.54, 1.807) is 0 Å². The number of sulfonamides is 1. The van der Waals surface area contributed by atoms with Crippen molar-refractivity contribution in [1.29, 1.82) is 0 Å². The van der Waals surface area contributed by atoms with Gasteiger partial charge in [0.1, 0.15) is 11.5 Å². The molecule has 0 spiro atoms. The Hall–Kier alpha value is -1.19. The van der Waals surface area contributed by atoms with E-state index >= 15 is 0 Å². The molecular formula is C12H20N2O6S. The fraction of sp³-hybridized carbons (Fsp3) is 0.833. The van der Waals surface area contributed by atoms with E-state index in [4.69, 9.17) is 4.74 Å². The molecule has 2 heterocycles. The highest BCUT2D eigenvalue weighted by Crippen LogP contribution is 2.29. The molecule has 0 aliphatic carbocycles. The second-order valence-corrected chi connectivity index (χ2v) is 7.77. The Bertz CT molecular complexity index is 548. The first-order chi connectivity index (χ1) is 9.66. The van der Waals surface area contributed by atoms with E-state index in [0.717, 1.165) is 10.6 Å². The van der Waals surface area contributed by atoms with Gasteiger partial charge in [-0.15, -0.1) is 0 Å². The summed E-state index contributed by atoms with van der Waals surface area (Å²) in [5, 5.41) is 11.9. The number of amides is 1. The number of rotatable bonds is 4. The van der Waals surface area contributed by atoms with Crippen LogP contribution in [0, 0.1) is 5.41 Å². The lowest BCUT2D eigenvalue weighted by atomic mass is 9.85. The van der Waals surface area contributed by atoms with Crippen LogP contribution in [0.2, 0.25) is 0 Å². The average Bonchev–Trinajstić information content (AvgIpc) is 2.96. The molecule has 0 aromatic carbocycles. The molecule has 1 amide bonds. The number of nitrogens with zero attached hydrogens (tertiary/aromatic N) is 1. The summed E-state index contributed by atoms with van der Waals surface area (Å²) in [6, 6.07) is -1.43. The first-order valence-electron chi connectivity index (χ1n) is 6.74. The Kier molecular flexibility index (Phi) is 4.27. The minimum absolute atomic E-state index is 0.0216. The van der Waals surface area contributed by atoms with Crippen LogP contribution < -0.4 is 5.32 Å². The molecule has 0 saturated carbocycles. The van der Waals surface area contributed by atoms with Gasteiger partial charge in [-0.05, 0) is 19.8 Å². The molecule has 8 nitrogen and oxygen atoms in total. The third-order valence-electron chi connectivity index (χ3n) is 4.19. The highest BCUT2D eigenvalue weighted by molar-refractivity contribution is 7.88. The van der Waals surface area contributed by atoms with Gasteiger partial charge in [0.15, 0.2) is 0 Å². The molecule has 2 saturated heterocycles. The van der Waals surface area contributed by atoms with Crippen LogP contribution in [0.25, 0.3) is 0 Å². The van der Waals surface area contributed by atoms with Crippen molar-refractivity contribution >= 4 is 21.9 Å². The predicted molar refractivity (Wildman–Crippen MR) is 73.1 cm³/mol. The van der Waals surface area contributed by atoms with Crippen molar-refractivity contribution in [3.63, 3.8) is 0 Å². The fourth-order valence-electron chi connectivity index (χ4n) is 2.75. The van der Waals surface area contributed by atoms with Crippen LogP contribution in [-0.2, 0) is 24.3 Å². The van der Waals surface area contributed by atoms with Crippen molar-refractivity contribution < 1.29 is 27.9 Å². The summed E-state index contributed by atoms with van der Waals surface area (Å²) in [6.45, 7) is 1.96. The highest BCUT2D eigenvalue weighted by atomic mass is 32.2. The average molecular weight is 320 g/mol. The minimum Gasteiger partial charge on any atom is -0.481 e. The standard InChI is InChI=1S/C12H20N2O6S/c1-12(11(16)17)7-20-6-9(12)13-10(15)8-4-3-5-14(8)21(2,18)19/h8-9H,3-7H2,1-2H3,(H,13,15)(H,16,17). The molecule has 2 rings (SSSR count). The third kappa shape index (κ3) is 3.04. The lowest BCUT2D eigenvalue weighted by Gasteiger charge is -2.28. The number of ether oxygens (including phenoxy) is 1. The lowest BCUT2D eigenvalue weighted by molar-refractivity contribution is -0.149. The quantitative estimate of drug-likeness (QED) is 0.688. The number of hydrogen-bond donors (Lipinski definition) is 2. The van der Waals surface area contributed by atoms with E-state index in [2.05, 4.69) is 5.32 Å². The van der Waals surface area contributed by atoms with Crippen LogP contribution >= 0.6 is 0 Å². The smallest absolute Gasteiger partial charge is 0.313 e. The number of aliphatic carboxylic acids is 1. The maximum atomic E-state index is 12.3. The molecular weight excluding hydrogens is 300 g/mol. The summed E-state index contributed by atoms with van der Waals surface area (Å²) in [4.78, 5) is 23.6. The molecule has 9 heteroatoms. The van der Waals surface area contributed by atoms with E-state index < -0.39 is 39.4 Å². The Morgan fingerprint density at radius 3 is 2.67 bits per heavy atom. The van der Waals surface area contributed by atoms with Gasteiger partial charge < -0.3 is 15.2 Å². The summed E-state index contributed by atoms with van der Waals surface area (Å²) in [5.74, 6) is -1.50. The molecule has 2 aliphatic rings. The van der Waals surface area contributed by atoms with E-state index in [-0.39, 0.29) is 13.2 Å². The van der Waals surface area contributed by atoms with Crippen LogP contribution in [-0.4, -0.2) is 67.8 Å². The van der Waals surface area contributed by atoms with E-state index in [1.165, 1.54) is 6.92 Å². The first kappa shape index (κ1) is 16.2. The van der Waals surface area contributed by atoms with Crippen molar-refractivity contribution in [2.45, 2.75) is 31.8 Å². The van der Waals surface area contributed by atoms with Crippen LogP contribution in [0.15, 0.2) is 0 Å². The van der Waals surface area contributed by atoms with Crippen molar-refractivity contribution in [2.75, 3.05) is 26.0 Å². The van der Waals surface area contributed by atoms with Crippen LogP contribution in [0.3, 0.4) is 0 Å². The summed E-state index contributed by atoms with van der Waals surface area (Å²) in [6.07, 6.45) is 2.12. The van der Waals surface area contributed by atoms with Gasteiger partial charge in [-0.3, -0.25) is 9.59 Å². The van der Waals surface area contributed by atoms with Gasteiger partial charge in [0.2, 0.25) is 15.9 Å². The predicted octanol–water partition coefficient (Wildman–Crippen LogP) is -0.984. The zero-order valence-electron chi connectivity index (χ0n) is 12.0. The van der Waals surface area contributed by atoms with Crippen molar-refractivity contribution in [3.05, 3.63) is 0 Å². The number of hydrogen-bond acceptors (Lipinski definition) is 5. The summed E-state index contributed by atoms with van der Waals surface area (Å²) in [5.41, 5.74) is -1.19. The Morgan fingerprint density at radius 1 is 1.43 bits per heavy atom. The fourth-order valence-corrected chi connectivity index (χ4v) is 3.88. The highest BCUT2D eigenvalue weighted by Gasteiger charge is 2.48. The molecule has 0 radical (unpaired) electrons. The molecule has 0 aromatic rings. The zero-order chi connectivity index (χ0) is 15.8. The Morgan fingerprint density at radius 2 is 2.10 bits per heavy atom. The van der Waals surface area contributed by atoms with Gasteiger partial charge >= 0.3 is 5.97 Å². The monoisotopic (exact) mass is 320 g/mol. The second-order valence-electron chi connectivity index (χ2n) is 5.83. The van der Waals surface area contributed by atoms with Gasteiger partial charge in [0.05, 0.1) is 25.5 Å². The van der Waals surface area contributed by atoms with E-state index in [1.807, 2.05) is 0 Å². The molecule has 120 valence electrons. The van der Waals surface area contributed by atoms with E-state index in [9.17, 15) is 23.1 Å². The molecule has 3 unspecified atom stereocenters. The first-order valence-corrected chi connectivity index (χ1v) is 8.59. The molecule has 21 heavy (non-hydrogen) atoms. The number of carboxylic acids is 1. The van der Waals surface area contributed by atoms with Gasteiger partial charge in [0, 0.05) is 6.54 Å². The Labute approximate surface area is 123 Å². The molecule has 0 aromatic heterocycles. The maximum absolute atomic E-state index is 12.3. The lowest BCUT2D eigenvalue weighted by Crippen LogP contribution is -2.54. The van der Waals surface area contributed by atoms with Crippen molar-refractivity contribution in [2.24, 2.45) is 5.41 Å². The maximum Gasteiger partial charge on any atom is 0.313 e. The Balaban J connectivity index is 2.10. The number of carboxylic acid groups (broad SMARTS) is 1. The molecule has 2 aliphatic heterocycles. The second kappa shape index (κ2) is 5.54. The number of carbonyl (C=O) groups excluding carboxylic acids is 1. The summed E-state index contributed by atoms with van der Waals surface area (Å²) in [7, 11) is -3.45. The van der Waals surface area contributed by atoms with Gasteiger partial charge in [-0.1, -0.05) is 0 Å². The summed E-state index contributed by atoms with van der Waals surface area (Å²) < 4.78 is 29.6. The van der Waals surface area contributed by atoms with Gasteiger partial charge in [-0.2, -0.15) is 4.31 Å². The SMILES string of the molecule is CC1(C(=O)O)COCC1NC(=O)C1CCCN1S(C)(=O)=O. The van der Waals surface area contributed by atoms with Crippen LogP contribution in [0.1, 0.15) is 19.8 Å². The van der Waals surface area contributed by atoms with Crippen molar-refractivity contribution in [1.82, 2.24) is 9.62 Å². The molecule has 2 N–H and O–H groups in total. The topological polar surface area (TPSA) is 113 Å². The van der Waals surface area contributed by atoms with Crippen molar-refractivity contribution in [3.8, 4) is 0 Å². The third-order valence-corrected chi connectivity index (χ3v) is 5.48. The molecule has 3 atom stereocenters. The number of carbonyl (C=O) groups is 2. The van der Waals surface area contributed by atoms with Crippen LogP contribution in [0.5, 0.6) is 0 Å². The molecule has 2 fully saturated rings. The zero-order valence-corrected chi connectivity index (χ0v) is 12.9. The van der Waals surface area contributed by atoms with E-state index in [0.29, 0.717) is 19.4 Å². The normalized spacial score (nSPS) is 34.0. The minimum atomic E-state index is -3.45. The summed E-state index contributed by atoms with van der Waals surface area (Å²) >= 11 is 0.